The zero-order valence-corrected chi connectivity index (χ0v) is 18.1. The summed E-state index contributed by atoms with van der Waals surface area (Å²) in [6.45, 7) is 2.26. The van der Waals surface area contributed by atoms with Gasteiger partial charge in [0, 0.05) is 38.2 Å². The van der Waals surface area contributed by atoms with Gasteiger partial charge in [-0.15, -0.1) is 10.2 Å². The molecule has 1 fully saturated rings. The molecule has 0 unspecified atom stereocenters. The lowest BCUT2D eigenvalue weighted by Gasteiger charge is -2.33. The molecule has 0 spiro atoms. The maximum absolute atomic E-state index is 12.9. The van der Waals surface area contributed by atoms with Gasteiger partial charge in [0.2, 0.25) is 5.91 Å². The van der Waals surface area contributed by atoms with Crippen molar-refractivity contribution >= 4 is 11.7 Å². The van der Waals surface area contributed by atoms with Crippen LogP contribution >= 0.6 is 0 Å². The van der Waals surface area contributed by atoms with E-state index in [1.54, 1.807) is 7.11 Å². The minimum absolute atomic E-state index is 0.0609. The van der Waals surface area contributed by atoms with Gasteiger partial charge in [-0.2, -0.15) is 0 Å². The van der Waals surface area contributed by atoms with Crippen LogP contribution in [0.25, 0.3) is 11.3 Å². The van der Waals surface area contributed by atoms with Gasteiger partial charge in [0.05, 0.1) is 12.8 Å². The van der Waals surface area contributed by atoms with E-state index in [9.17, 15) is 4.79 Å². The average Bonchev–Trinajstić information content (AvgIpc) is 2.84. The molecule has 3 aromatic rings. The molecular formula is C25H28N4O2. The molecule has 160 valence electrons. The van der Waals surface area contributed by atoms with Gasteiger partial charge in [0.15, 0.2) is 5.82 Å². The zero-order chi connectivity index (χ0) is 21.6. The van der Waals surface area contributed by atoms with Crippen molar-refractivity contribution in [3.63, 3.8) is 0 Å². The Kier molecular flexibility index (Phi) is 6.46. The molecule has 0 N–H and O–H groups in total. The van der Waals surface area contributed by atoms with Crippen LogP contribution in [0, 0.1) is 5.92 Å². The fourth-order valence-corrected chi connectivity index (χ4v) is 4.10. The van der Waals surface area contributed by atoms with Crippen LogP contribution in [0.1, 0.15) is 18.4 Å². The van der Waals surface area contributed by atoms with Crippen molar-refractivity contribution in [3.05, 3.63) is 72.3 Å². The molecule has 1 saturated heterocycles. The fourth-order valence-electron chi connectivity index (χ4n) is 4.10. The molecule has 1 aliphatic rings. The molecule has 0 bridgehead atoms. The van der Waals surface area contributed by atoms with E-state index < -0.39 is 0 Å². The topological polar surface area (TPSA) is 58.6 Å². The molecule has 2 heterocycles. The van der Waals surface area contributed by atoms with Crippen molar-refractivity contribution < 1.29 is 9.53 Å². The van der Waals surface area contributed by atoms with E-state index in [1.807, 2.05) is 66.5 Å². The van der Waals surface area contributed by atoms with E-state index in [0.717, 1.165) is 54.3 Å². The van der Waals surface area contributed by atoms with Crippen LogP contribution in [0.15, 0.2) is 66.7 Å². The first kappa shape index (κ1) is 20.8. The normalized spacial score (nSPS) is 14.3. The molecule has 6 nitrogen and oxygen atoms in total. The summed E-state index contributed by atoms with van der Waals surface area (Å²) in [5.41, 5.74) is 2.87. The van der Waals surface area contributed by atoms with Gasteiger partial charge in [0.25, 0.3) is 0 Å². The number of hydrogen-bond donors (Lipinski definition) is 0. The van der Waals surface area contributed by atoms with E-state index in [0.29, 0.717) is 6.54 Å². The number of carbonyl (C=O) groups is 1. The van der Waals surface area contributed by atoms with Crippen molar-refractivity contribution in [2.75, 3.05) is 32.1 Å². The molecule has 4 rings (SSSR count). The summed E-state index contributed by atoms with van der Waals surface area (Å²) in [6.07, 6.45) is 1.65. The molecule has 0 saturated carbocycles. The van der Waals surface area contributed by atoms with Gasteiger partial charge in [-0.25, -0.2) is 0 Å². The predicted molar refractivity (Wildman–Crippen MR) is 122 cm³/mol. The number of aromatic nitrogens is 2. The number of para-hydroxylation sites is 1. The summed E-state index contributed by atoms with van der Waals surface area (Å²) in [5.74, 6) is 1.91. The SMILES string of the molecule is COc1ccccc1-c1ccc(N2CCC(C(=O)N(C)Cc3ccccc3)CC2)nn1. The Bertz CT molecular complexity index is 1000. The van der Waals surface area contributed by atoms with E-state index in [4.69, 9.17) is 4.74 Å². The highest BCUT2D eigenvalue weighted by Gasteiger charge is 2.28. The molecule has 2 aromatic carbocycles. The van der Waals surface area contributed by atoms with Crippen LogP contribution in [0.4, 0.5) is 5.82 Å². The number of benzene rings is 2. The van der Waals surface area contributed by atoms with E-state index in [2.05, 4.69) is 27.2 Å². The molecule has 6 heteroatoms. The lowest BCUT2D eigenvalue weighted by Crippen LogP contribution is -2.41. The Hall–Kier alpha value is -3.41. The number of nitrogens with zero attached hydrogens (tertiary/aromatic N) is 4. The summed E-state index contributed by atoms with van der Waals surface area (Å²) < 4.78 is 5.42. The number of anilines is 1. The van der Waals surface area contributed by atoms with Crippen LogP contribution in [0.3, 0.4) is 0 Å². The largest absolute Gasteiger partial charge is 0.496 e. The van der Waals surface area contributed by atoms with Gasteiger partial charge in [-0.05, 0) is 42.7 Å². The second kappa shape index (κ2) is 9.60. The van der Waals surface area contributed by atoms with Crippen molar-refractivity contribution in [2.45, 2.75) is 19.4 Å². The van der Waals surface area contributed by atoms with Crippen molar-refractivity contribution in [1.82, 2.24) is 15.1 Å². The quantitative estimate of drug-likeness (QED) is 0.607. The van der Waals surface area contributed by atoms with E-state index in [-0.39, 0.29) is 11.8 Å². The molecule has 1 aliphatic heterocycles. The van der Waals surface area contributed by atoms with Crippen molar-refractivity contribution in [2.24, 2.45) is 5.92 Å². The first-order chi connectivity index (χ1) is 15.2. The zero-order valence-electron chi connectivity index (χ0n) is 18.1. The smallest absolute Gasteiger partial charge is 0.225 e. The van der Waals surface area contributed by atoms with Gasteiger partial charge >= 0.3 is 0 Å². The Labute approximate surface area is 183 Å². The molecule has 0 aliphatic carbocycles. The minimum atomic E-state index is 0.0609. The van der Waals surface area contributed by atoms with Gasteiger partial charge in [-0.3, -0.25) is 4.79 Å². The summed E-state index contributed by atoms with van der Waals surface area (Å²) in [6, 6.07) is 21.9. The number of amides is 1. The third kappa shape index (κ3) is 4.85. The van der Waals surface area contributed by atoms with Crippen LogP contribution in [-0.2, 0) is 11.3 Å². The third-order valence-corrected chi connectivity index (χ3v) is 5.84. The van der Waals surface area contributed by atoms with Gasteiger partial charge in [0.1, 0.15) is 5.75 Å². The molecule has 0 atom stereocenters. The summed E-state index contributed by atoms with van der Waals surface area (Å²) in [7, 11) is 3.55. The van der Waals surface area contributed by atoms with Crippen LogP contribution in [-0.4, -0.2) is 48.3 Å². The highest BCUT2D eigenvalue weighted by molar-refractivity contribution is 5.79. The third-order valence-electron chi connectivity index (χ3n) is 5.84. The Balaban J connectivity index is 1.35. The van der Waals surface area contributed by atoms with Crippen molar-refractivity contribution in [1.29, 1.82) is 0 Å². The van der Waals surface area contributed by atoms with Gasteiger partial charge in [-0.1, -0.05) is 42.5 Å². The van der Waals surface area contributed by atoms with E-state index >= 15 is 0 Å². The molecular weight excluding hydrogens is 388 g/mol. The second-order valence-electron chi connectivity index (χ2n) is 7.92. The number of rotatable bonds is 6. The lowest BCUT2D eigenvalue weighted by molar-refractivity contribution is -0.135. The monoisotopic (exact) mass is 416 g/mol. The highest BCUT2D eigenvalue weighted by atomic mass is 16.5. The number of piperidine rings is 1. The predicted octanol–water partition coefficient (Wildman–Crippen LogP) is 4.03. The fraction of sp³-hybridized carbons (Fsp3) is 0.320. The first-order valence-corrected chi connectivity index (χ1v) is 10.7. The second-order valence-corrected chi connectivity index (χ2v) is 7.92. The highest BCUT2D eigenvalue weighted by Crippen LogP contribution is 2.29. The Morgan fingerprint density at radius 3 is 2.39 bits per heavy atom. The summed E-state index contributed by atoms with van der Waals surface area (Å²) in [5, 5.41) is 8.86. The minimum Gasteiger partial charge on any atom is -0.496 e. The van der Waals surface area contributed by atoms with Crippen molar-refractivity contribution in [3.8, 4) is 17.0 Å². The Morgan fingerprint density at radius 2 is 1.71 bits per heavy atom. The summed E-state index contributed by atoms with van der Waals surface area (Å²) in [4.78, 5) is 16.9. The van der Waals surface area contributed by atoms with E-state index in [1.165, 1.54) is 0 Å². The maximum Gasteiger partial charge on any atom is 0.225 e. The molecule has 0 radical (unpaired) electrons. The number of carbonyl (C=O) groups excluding carboxylic acids is 1. The van der Waals surface area contributed by atoms with Crippen LogP contribution in [0.2, 0.25) is 0 Å². The summed E-state index contributed by atoms with van der Waals surface area (Å²) >= 11 is 0. The average molecular weight is 417 g/mol. The molecule has 1 amide bonds. The number of methoxy groups -OCH3 is 1. The number of ether oxygens (including phenoxy) is 1. The van der Waals surface area contributed by atoms with Crippen LogP contribution in [0.5, 0.6) is 5.75 Å². The maximum atomic E-state index is 12.9. The molecule has 31 heavy (non-hydrogen) atoms. The van der Waals surface area contributed by atoms with Crippen LogP contribution < -0.4 is 9.64 Å². The number of hydrogen-bond acceptors (Lipinski definition) is 5. The molecule has 1 aromatic heterocycles. The van der Waals surface area contributed by atoms with Gasteiger partial charge < -0.3 is 14.5 Å². The Morgan fingerprint density at radius 1 is 1.00 bits per heavy atom. The lowest BCUT2D eigenvalue weighted by atomic mass is 9.95. The first-order valence-electron chi connectivity index (χ1n) is 10.7. The standard InChI is InChI=1S/C25H28N4O2/c1-28(18-19-8-4-3-5-9-19)25(30)20-14-16-29(17-15-20)24-13-12-22(26-27-24)21-10-6-7-11-23(21)31-2/h3-13,20H,14-18H2,1-2H3.